The number of allylic oxidation sites excluding steroid dienone is 5. The van der Waals surface area contributed by atoms with Gasteiger partial charge in [0.1, 0.15) is 0 Å². The Kier molecular flexibility index (Phi) is 2.58. The standard InChI is InChI=1S/C13H17N/c1-11-5-7-12(2)13(8-6-11)14-9-3-4-10-14/h5-8H,2-4,9-10H2,1H3. The van der Waals surface area contributed by atoms with Crippen molar-refractivity contribution in [2.45, 2.75) is 19.8 Å². The van der Waals surface area contributed by atoms with E-state index < -0.39 is 0 Å². The molecule has 0 aromatic carbocycles. The van der Waals surface area contributed by atoms with E-state index in [9.17, 15) is 0 Å². The zero-order valence-corrected chi connectivity index (χ0v) is 8.79. The van der Waals surface area contributed by atoms with Crippen molar-refractivity contribution in [1.82, 2.24) is 4.90 Å². The number of likely N-dealkylation sites (tertiary alicyclic amines) is 1. The summed E-state index contributed by atoms with van der Waals surface area (Å²) in [7, 11) is 0. The summed E-state index contributed by atoms with van der Waals surface area (Å²) in [5, 5.41) is 0. The van der Waals surface area contributed by atoms with Crippen molar-refractivity contribution in [3.8, 4) is 0 Å². The van der Waals surface area contributed by atoms with Gasteiger partial charge in [0.2, 0.25) is 0 Å². The molecule has 2 rings (SSSR count). The average molecular weight is 187 g/mol. The van der Waals surface area contributed by atoms with Crippen LogP contribution in [0.3, 0.4) is 0 Å². The van der Waals surface area contributed by atoms with E-state index in [2.05, 4.69) is 42.7 Å². The van der Waals surface area contributed by atoms with E-state index in [-0.39, 0.29) is 0 Å². The van der Waals surface area contributed by atoms with Crippen LogP contribution >= 0.6 is 0 Å². The molecular weight excluding hydrogens is 170 g/mol. The Balaban J connectivity index is 2.24. The zero-order valence-electron chi connectivity index (χ0n) is 8.79. The summed E-state index contributed by atoms with van der Waals surface area (Å²) < 4.78 is 0. The number of nitrogens with zero attached hydrogens (tertiary/aromatic N) is 1. The van der Waals surface area contributed by atoms with Gasteiger partial charge < -0.3 is 4.90 Å². The molecule has 2 aliphatic rings. The molecule has 1 aliphatic heterocycles. The monoisotopic (exact) mass is 187 g/mol. The lowest BCUT2D eigenvalue weighted by atomic mass is 10.2. The molecule has 1 aliphatic carbocycles. The molecule has 1 heteroatoms. The van der Waals surface area contributed by atoms with Crippen LogP contribution in [0.5, 0.6) is 0 Å². The molecular formula is C13H17N. The minimum absolute atomic E-state index is 1.14. The first-order valence-electron chi connectivity index (χ1n) is 5.28. The molecule has 1 nitrogen and oxygen atoms in total. The predicted molar refractivity (Wildman–Crippen MR) is 60.9 cm³/mol. The van der Waals surface area contributed by atoms with Crippen molar-refractivity contribution in [3.05, 3.63) is 47.7 Å². The van der Waals surface area contributed by atoms with Crippen LogP contribution in [0.25, 0.3) is 0 Å². The maximum Gasteiger partial charge on any atom is 0.0433 e. The van der Waals surface area contributed by atoms with Gasteiger partial charge in [-0.1, -0.05) is 30.4 Å². The first-order valence-corrected chi connectivity index (χ1v) is 5.28. The number of rotatable bonds is 1. The Hall–Kier alpha value is -1.24. The van der Waals surface area contributed by atoms with E-state index in [1.165, 1.54) is 37.2 Å². The summed E-state index contributed by atoms with van der Waals surface area (Å²) in [5.41, 5.74) is 3.73. The van der Waals surface area contributed by atoms with E-state index in [0.717, 1.165) is 5.57 Å². The second-order valence-corrected chi connectivity index (χ2v) is 4.02. The minimum atomic E-state index is 1.14. The third kappa shape index (κ3) is 1.82. The molecule has 1 saturated heterocycles. The summed E-state index contributed by atoms with van der Waals surface area (Å²) >= 11 is 0. The van der Waals surface area contributed by atoms with Gasteiger partial charge in [-0.2, -0.15) is 0 Å². The average Bonchev–Trinajstić information content (AvgIpc) is 2.63. The highest BCUT2D eigenvalue weighted by molar-refractivity contribution is 5.45. The van der Waals surface area contributed by atoms with Gasteiger partial charge in [0, 0.05) is 18.8 Å². The first-order chi connectivity index (χ1) is 6.77. The number of hydrogen-bond donors (Lipinski definition) is 0. The maximum atomic E-state index is 4.10. The van der Waals surface area contributed by atoms with Crippen molar-refractivity contribution in [2.24, 2.45) is 0 Å². The van der Waals surface area contributed by atoms with Crippen LogP contribution in [0.2, 0.25) is 0 Å². The van der Waals surface area contributed by atoms with E-state index in [1.807, 2.05) is 0 Å². The van der Waals surface area contributed by atoms with Gasteiger partial charge in [-0.3, -0.25) is 0 Å². The summed E-state index contributed by atoms with van der Waals surface area (Å²) in [6.45, 7) is 8.59. The topological polar surface area (TPSA) is 3.24 Å². The molecule has 0 bridgehead atoms. The van der Waals surface area contributed by atoms with Crippen LogP contribution in [0.15, 0.2) is 47.7 Å². The number of hydrogen-bond acceptors (Lipinski definition) is 1. The van der Waals surface area contributed by atoms with E-state index in [0.29, 0.717) is 0 Å². The summed E-state index contributed by atoms with van der Waals surface area (Å²) in [4.78, 5) is 2.43. The van der Waals surface area contributed by atoms with Crippen molar-refractivity contribution in [2.75, 3.05) is 13.1 Å². The van der Waals surface area contributed by atoms with E-state index in [1.54, 1.807) is 0 Å². The molecule has 0 radical (unpaired) electrons. The van der Waals surface area contributed by atoms with Gasteiger partial charge >= 0.3 is 0 Å². The molecule has 0 atom stereocenters. The molecule has 14 heavy (non-hydrogen) atoms. The lowest BCUT2D eigenvalue weighted by Gasteiger charge is -2.21. The molecule has 0 unspecified atom stereocenters. The fourth-order valence-corrected chi connectivity index (χ4v) is 1.96. The lowest BCUT2D eigenvalue weighted by Crippen LogP contribution is -2.18. The first kappa shape index (κ1) is 9.32. The molecule has 1 fully saturated rings. The van der Waals surface area contributed by atoms with Crippen LogP contribution < -0.4 is 0 Å². The second-order valence-electron chi connectivity index (χ2n) is 4.02. The molecule has 0 aromatic heterocycles. The summed E-state index contributed by atoms with van der Waals surface area (Å²) in [6, 6.07) is 0. The third-order valence-electron chi connectivity index (χ3n) is 2.83. The predicted octanol–water partition coefficient (Wildman–Crippen LogP) is 3.04. The second kappa shape index (κ2) is 3.87. The largest absolute Gasteiger partial charge is 0.371 e. The van der Waals surface area contributed by atoms with Crippen molar-refractivity contribution in [3.63, 3.8) is 0 Å². The summed E-state index contributed by atoms with van der Waals surface area (Å²) in [6.07, 6.45) is 11.2. The van der Waals surface area contributed by atoms with Crippen LogP contribution in [-0.4, -0.2) is 18.0 Å². The van der Waals surface area contributed by atoms with Gasteiger partial charge in [0.25, 0.3) is 0 Å². The van der Waals surface area contributed by atoms with Crippen LogP contribution in [0, 0.1) is 0 Å². The fourth-order valence-electron chi connectivity index (χ4n) is 1.96. The van der Waals surface area contributed by atoms with Crippen LogP contribution in [0.1, 0.15) is 19.8 Å². The fraction of sp³-hybridized carbons (Fsp3) is 0.385. The summed E-state index contributed by atoms with van der Waals surface area (Å²) in [5.74, 6) is 0. The Bertz CT molecular complexity index is 325. The Morgan fingerprint density at radius 3 is 2.57 bits per heavy atom. The van der Waals surface area contributed by atoms with Crippen LogP contribution in [-0.2, 0) is 0 Å². The smallest absolute Gasteiger partial charge is 0.0433 e. The van der Waals surface area contributed by atoms with Gasteiger partial charge in [-0.05, 0) is 31.4 Å². The third-order valence-corrected chi connectivity index (χ3v) is 2.83. The molecule has 0 amide bonds. The lowest BCUT2D eigenvalue weighted by molar-refractivity contribution is 0.437. The molecule has 74 valence electrons. The van der Waals surface area contributed by atoms with Crippen molar-refractivity contribution < 1.29 is 0 Å². The maximum absolute atomic E-state index is 4.10. The minimum Gasteiger partial charge on any atom is -0.371 e. The molecule has 0 N–H and O–H groups in total. The Morgan fingerprint density at radius 2 is 1.86 bits per heavy atom. The quantitative estimate of drug-likeness (QED) is 0.610. The van der Waals surface area contributed by atoms with Crippen LogP contribution in [0.4, 0.5) is 0 Å². The van der Waals surface area contributed by atoms with Gasteiger partial charge in [-0.25, -0.2) is 0 Å². The van der Waals surface area contributed by atoms with Crippen molar-refractivity contribution >= 4 is 0 Å². The highest BCUT2D eigenvalue weighted by atomic mass is 15.1. The molecule has 0 aromatic rings. The highest BCUT2D eigenvalue weighted by Gasteiger charge is 2.15. The van der Waals surface area contributed by atoms with E-state index in [4.69, 9.17) is 0 Å². The molecule has 1 heterocycles. The van der Waals surface area contributed by atoms with Crippen molar-refractivity contribution in [1.29, 1.82) is 0 Å². The Morgan fingerprint density at radius 1 is 1.14 bits per heavy atom. The molecule has 0 saturated carbocycles. The highest BCUT2D eigenvalue weighted by Crippen LogP contribution is 2.23. The van der Waals surface area contributed by atoms with Gasteiger partial charge in [0.05, 0.1) is 0 Å². The SMILES string of the molecule is C=C1C=CC(C)=CC=C1N1CCCC1. The van der Waals surface area contributed by atoms with E-state index >= 15 is 0 Å². The molecule has 0 spiro atoms. The Labute approximate surface area is 86.1 Å². The van der Waals surface area contributed by atoms with Gasteiger partial charge in [0.15, 0.2) is 0 Å². The zero-order chi connectivity index (χ0) is 9.97. The normalized spacial score (nSPS) is 22.1. The van der Waals surface area contributed by atoms with Gasteiger partial charge in [-0.15, -0.1) is 0 Å².